The highest BCUT2D eigenvalue weighted by Gasteiger charge is 2.11. The number of benzene rings is 2. The van der Waals surface area contributed by atoms with Gasteiger partial charge in [-0.25, -0.2) is 4.98 Å². The first kappa shape index (κ1) is 20.2. The van der Waals surface area contributed by atoms with E-state index in [9.17, 15) is 4.79 Å². The SMILES string of the molecule is CNC(=O)c1cc(Oc2ccc3c(c2)nc(Nc2ccc(Br)c(Cl)c2)n3C)ccn1. The summed E-state index contributed by atoms with van der Waals surface area (Å²) in [6.45, 7) is 0. The molecule has 0 aliphatic carbocycles. The first-order chi connectivity index (χ1) is 14.4. The van der Waals surface area contributed by atoms with E-state index in [4.69, 9.17) is 16.3 Å². The highest BCUT2D eigenvalue weighted by molar-refractivity contribution is 9.10. The number of aromatic nitrogens is 3. The molecule has 0 aliphatic rings. The van der Waals surface area contributed by atoms with Gasteiger partial charge in [0.15, 0.2) is 0 Å². The van der Waals surface area contributed by atoms with Crippen LogP contribution in [0.3, 0.4) is 0 Å². The number of halogens is 2. The highest BCUT2D eigenvalue weighted by Crippen LogP contribution is 2.30. The minimum Gasteiger partial charge on any atom is -0.457 e. The van der Waals surface area contributed by atoms with Gasteiger partial charge in [0.2, 0.25) is 5.95 Å². The zero-order valence-electron chi connectivity index (χ0n) is 16.1. The molecule has 0 spiro atoms. The quantitative estimate of drug-likeness (QED) is 0.401. The van der Waals surface area contributed by atoms with E-state index in [2.05, 4.69) is 36.5 Å². The Morgan fingerprint density at radius 2 is 1.93 bits per heavy atom. The molecule has 0 saturated heterocycles. The second-order valence-electron chi connectivity index (χ2n) is 6.46. The lowest BCUT2D eigenvalue weighted by atomic mass is 10.3. The van der Waals surface area contributed by atoms with Gasteiger partial charge in [-0.1, -0.05) is 11.6 Å². The minimum atomic E-state index is -0.274. The van der Waals surface area contributed by atoms with Crippen molar-refractivity contribution in [2.24, 2.45) is 7.05 Å². The maximum atomic E-state index is 11.8. The number of imidazole rings is 1. The Morgan fingerprint density at radius 3 is 2.70 bits per heavy atom. The number of rotatable bonds is 5. The van der Waals surface area contributed by atoms with E-state index in [1.165, 1.54) is 6.20 Å². The van der Waals surface area contributed by atoms with Gasteiger partial charge in [-0.3, -0.25) is 9.78 Å². The van der Waals surface area contributed by atoms with Crippen LogP contribution in [0.2, 0.25) is 5.02 Å². The number of amides is 1. The standard InChI is InChI=1S/C21H17BrClN5O2/c1-24-20(29)18-11-14(7-8-25-18)30-13-4-6-19-17(10-13)27-21(28(19)2)26-12-3-5-15(22)16(23)9-12/h3-11H,1-2H3,(H,24,29)(H,26,27). The van der Waals surface area contributed by atoms with E-state index in [1.54, 1.807) is 19.2 Å². The van der Waals surface area contributed by atoms with Gasteiger partial charge in [-0.2, -0.15) is 0 Å². The van der Waals surface area contributed by atoms with Crippen LogP contribution >= 0.6 is 27.5 Å². The number of hydrogen-bond acceptors (Lipinski definition) is 5. The molecular formula is C21H17BrClN5O2. The zero-order chi connectivity index (χ0) is 21.3. The van der Waals surface area contributed by atoms with Crippen LogP contribution in [0, 0.1) is 0 Å². The van der Waals surface area contributed by atoms with Gasteiger partial charge in [0.25, 0.3) is 5.91 Å². The predicted octanol–water partition coefficient (Wildman–Crippen LogP) is 5.28. The van der Waals surface area contributed by atoms with Crippen molar-refractivity contribution in [1.82, 2.24) is 19.9 Å². The predicted molar refractivity (Wildman–Crippen MR) is 121 cm³/mol. The lowest BCUT2D eigenvalue weighted by Crippen LogP contribution is -2.18. The number of fused-ring (bicyclic) bond motifs is 1. The van der Waals surface area contributed by atoms with Gasteiger partial charge in [0.1, 0.15) is 17.2 Å². The summed E-state index contributed by atoms with van der Waals surface area (Å²) >= 11 is 9.56. The van der Waals surface area contributed by atoms with Crippen LogP contribution < -0.4 is 15.4 Å². The van der Waals surface area contributed by atoms with Crippen molar-refractivity contribution in [3.63, 3.8) is 0 Å². The molecule has 0 bridgehead atoms. The lowest BCUT2D eigenvalue weighted by Gasteiger charge is -2.07. The second kappa shape index (κ2) is 8.33. The number of nitrogens with one attached hydrogen (secondary N) is 2. The van der Waals surface area contributed by atoms with E-state index < -0.39 is 0 Å². The van der Waals surface area contributed by atoms with Gasteiger partial charge in [-0.05, 0) is 52.3 Å². The molecule has 2 aromatic carbocycles. The highest BCUT2D eigenvalue weighted by atomic mass is 79.9. The van der Waals surface area contributed by atoms with E-state index >= 15 is 0 Å². The Hall–Kier alpha value is -3.10. The Balaban J connectivity index is 1.60. The number of carbonyl (C=O) groups excluding carboxylic acids is 1. The van der Waals surface area contributed by atoms with Gasteiger partial charge >= 0.3 is 0 Å². The van der Waals surface area contributed by atoms with Crippen molar-refractivity contribution in [2.45, 2.75) is 0 Å². The normalized spacial score (nSPS) is 10.8. The summed E-state index contributed by atoms with van der Waals surface area (Å²) in [6.07, 6.45) is 1.53. The van der Waals surface area contributed by atoms with Crippen LogP contribution in [-0.2, 0) is 7.05 Å². The van der Waals surface area contributed by atoms with Crippen molar-refractivity contribution in [3.8, 4) is 11.5 Å². The van der Waals surface area contributed by atoms with Crippen LogP contribution in [0.4, 0.5) is 11.6 Å². The van der Waals surface area contributed by atoms with Crippen LogP contribution in [0.15, 0.2) is 59.2 Å². The summed E-state index contributed by atoms with van der Waals surface area (Å²) in [5, 5.41) is 6.44. The summed E-state index contributed by atoms with van der Waals surface area (Å²) in [7, 11) is 3.48. The Bertz CT molecular complexity index is 1260. The molecule has 4 aromatic rings. The molecule has 2 N–H and O–H groups in total. The molecule has 0 saturated carbocycles. The van der Waals surface area contributed by atoms with Crippen LogP contribution in [-0.4, -0.2) is 27.5 Å². The molecule has 0 radical (unpaired) electrons. The minimum absolute atomic E-state index is 0.274. The Morgan fingerprint density at radius 1 is 1.13 bits per heavy atom. The number of ether oxygens (including phenoxy) is 1. The third-order valence-corrected chi connectivity index (χ3v) is 5.69. The fourth-order valence-corrected chi connectivity index (χ4v) is 3.35. The topological polar surface area (TPSA) is 81.1 Å². The fourth-order valence-electron chi connectivity index (χ4n) is 2.92. The summed E-state index contributed by atoms with van der Waals surface area (Å²) < 4.78 is 8.69. The summed E-state index contributed by atoms with van der Waals surface area (Å²) in [4.78, 5) is 20.5. The molecule has 4 rings (SSSR count). The van der Waals surface area contributed by atoms with Crippen molar-refractivity contribution in [3.05, 3.63) is 69.9 Å². The molecule has 7 nitrogen and oxygen atoms in total. The van der Waals surface area contributed by atoms with E-state index in [0.717, 1.165) is 21.2 Å². The Kier molecular flexibility index (Phi) is 5.61. The molecule has 2 aromatic heterocycles. The van der Waals surface area contributed by atoms with Gasteiger partial charge in [0.05, 0.1) is 16.1 Å². The second-order valence-corrected chi connectivity index (χ2v) is 7.72. The molecule has 1 amide bonds. The van der Waals surface area contributed by atoms with E-state index in [1.807, 2.05) is 48.0 Å². The fraction of sp³-hybridized carbons (Fsp3) is 0.0952. The molecule has 2 heterocycles. The van der Waals surface area contributed by atoms with Crippen LogP contribution in [0.1, 0.15) is 10.5 Å². The molecule has 0 unspecified atom stereocenters. The molecular weight excluding hydrogens is 470 g/mol. The number of aryl methyl sites for hydroxylation is 1. The van der Waals surface area contributed by atoms with Gasteiger partial charge in [0, 0.05) is 42.6 Å². The molecule has 30 heavy (non-hydrogen) atoms. The average molecular weight is 487 g/mol. The first-order valence-corrected chi connectivity index (χ1v) is 10.2. The molecule has 9 heteroatoms. The van der Waals surface area contributed by atoms with Gasteiger partial charge < -0.3 is 19.9 Å². The summed E-state index contributed by atoms with van der Waals surface area (Å²) in [6, 6.07) is 14.5. The maximum Gasteiger partial charge on any atom is 0.269 e. The van der Waals surface area contributed by atoms with Crippen LogP contribution in [0.5, 0.6) is 11.5 Å². The van der Waals surface area contributed by atoms with E-state index in [-0.39, 0.29) is 11.6 Å². The van der Waals surface area contributed by atoms with E-state index in [0.29, 0.717) is 22.5 Å². The van der Waals surface area contributed by atoms with Crippen molar-refractivity contribution >= 4 is 56.1 Å². The maximum absolute atomic E-state index is 11.8. The zero-order valence-corrected chi connectivity index (χ0v) is 18.5. The third kappa shape index (κ3) is 4.10. The largest absolute Gasteiger partial charge is 0.457 e. The van der Waals surface area contributed by atoms with Gasteiger partial charge in [-0.15, -0.1) is 0 Å². The summed E-state index contributed by atoms with van der Waals surface area (Å²) in [5.74, 6) is 1.52. The van der Waals surface area contributed by atoms with Crippen LogP contribution in [0.25, 0.3) is 11.0 Å². The summed E-state index contributed by atoms with van der Waals surface area (Å²) in [5.41, 5.74) is 2.82. The lowest BCUT2D eigenvalue weighted by molar-refractivity contribution is 0.0958. The number of nitrogens with zero attached hydrogens (tertiary/aromatic N) is 3. The van der Waals surface area contributed by atoms with Crippen molar-refractivity contribution < 1.29 is 9.53 Å². The smallest absolute Gasteiger partial charge is 0.269 e. The number of pyridine rings is 1. The Labute approximate surface area is 186 Å². The number of anilines is 2. The number of carbonyl (C=O) groups is 1. The molecule has 152 valence electrons. The molecule has 0 aliphatic heterocycles. The third-order valence-electron chi connectivity index (χ3n) is 4.45. The van der Waals surface area contributed by atoms with Crippen molar-refractivity contribution in [2.75, 3.05) is 12.4 Å². The molecule has 0 atom stereocenters. The monoisotopic (exact) mass is 485 g/mol. The molecule has 0 fully saturated rings. The average Bonchev–Trinajstić information content (AvgIpc) is 3.05. The van der Waals surface area contributed by atoms with Crippen molar-refractivity contribution in [1.29, 1.82) is 0 Å². The number of hydrogen-bond donors (Lipinski definition) is 2. The first-order valence-electron chi connectivity index (χ1n) is 8.99.